The normalized spacial score (nSPS) is 12.0. The van der Waals surface area contributed by atoms with Crippen molar-refractivity contribution in [2.24, 2.45) is 0 Å². The Morgan fingerprint density at radius 3 is 2.19 bits per heavy atom. The van der Waals surface area contributed by atoms with Crippen molar-refractivity contribution in [1.82, 2.24) is 19.9 Å². The van der Waals surface area contributed by atoms with Gasteiger partial charge in [0.05, 0.1) is 17.1 Å². The second-order valence-corrected chi connectivity index (χ2v) is 12.2. The first-order chi connectivity index (χ1) is 20.7. The third kappa shape index (κ3) is 9.47. The van der Waals surface area contributed by atoms with Crippen molar-refractivity contribution in [3.8, 4) is 0 Å². The van der Waals surface area contributed by atoms with Crippen molar-refractivity contribution in [1.29, 1.82) is 0 Å². The number of carbonyl (C=O) groups excluding carboxylic acids is 2. The minimum Gasteiger partial charge on any atom is -0.349 e. The molecule has 43 heavy (non-hydrogen) atoms. The van der Waals surface area contributed by atoms with Crippen LogP contribution in [-0.2, 0) is 45.5 Å². The van der Waals surface area contributed by atoms with Crippen LogP contribution >= 0.6 is 11.6 Å². The maximum Gasteiger partial charge on any atom is 0.243 e. The topological polar surface area (TPSA) is 108 Å². The molecule has 4 rings (SSSR count). The zero-order chi connectivity index (χ0) is 30.7. The number of nitrogens with zero attached hydrogens (tertiary/aromatic N) is 2. The summed E-state index contributed by atoms with van der Waals surface area (Å²) in [6, 6.07) is 28.0. The summed E-state index contributed by atoms with van der Waals surface area (Å²) in [4.78, 5) is 33.7. The molecule has 0 radical (unpaired) electrons. The van der Waals surface area contributed by atoms with Gasteiger partial charge in [0, 0.05) is 37.2 Å². The second kappa shape index (κ2) is 15.4. The van der Waals surface area contributed by atoms with E-state index in [1.807, 2.05) is 60.7 Å². The minimum atomic E-state index is -3.57. The van der Waals surface area contributed by atoms with E-state index >= 15 is 0 Å². The lowest BCUT2D eigenvalue weighted by atomic mass is 10.0. The predicted octanol–water partition coefficient (Wildman–Crippen LogP) is 4.92. The smallest absolute Gasteiger partial charge is 0.243 e. The molecule has 1 heterocycles. The van der Waals surface area contributed by atoms with E-state index in [4.69, 9.17) is 11.6 Å². The number of nitrogens with one attached hydrogen (secondary N) is 2. The van der Waals surface area contributed by atoms with Crippen molar-refractivity contribution >= 4 is 33.4 Å². The molecule has 0 fully saturated rings. The fourth-order valence-corrected chi connectivity index (χ4v) is 5.81. The summed E-state index contributed by atoms with van der Waals surface area (Å²) in [5.74, 6) is -0.483. The van der Waals surface area contributed by atoms with Gasteiger partial charge in [-0.05, 0) is 59.5 Å². The Kier molecular flexibility index (Phi) is 11.4. The third-order valence-corrected chi connectivity index (χ3v) is 8.72. The Morgan fingerprint density at radius 2 is 1.53 bits per heavy atom. The highest BCUT2D eigenvalue weighted by molar-refractivity contribution is 7.89. The van der Waals surface area contributed by atoms with Gasteiger partial charge in [0.25, 0.3) is 0 Å². The van der Waals surface area contributed by atoms with Gasteiger partial charge in [-0.2, -0.15) is 0 Å². The van der Waals surface area contributed by atoms with Crippen LogP contribution in [0.25, 0.3) is 0 Å². The molecule has 3 aromatic carbocycles. The second-order valence-electron chi connectivity index (χ2n) is 10.0. The lowest BCUT2D eigenvalue weighted by Gasteiger charge is -2.31. The Labute approximate surface area is 258 Å². The average Bonchev–Trinajstić information content (AvgIpc) is 3.02. The Bertz CT molecular complexity index is 1580. The molecule has 0 bridgehead atoms. The zero-order valence-electron chi connectivity index (χ0n) is 23.9. The molecule has 4 aromatic rings. The molecule has 2 N–H and O–H groups in total. The van der Waals surface area contributed by atoms with Crippen LogP contribution in [0.15, 0.2) is 108 Å². The number of aryl methyl sites for hydroxylation is 1. The van der Waals surface area contributed by atoms with E-state index in [1.165, 1.54) is 12.1 Å². The van der Waals surface area contributed by atoms with Gasteiger partial charge in [-0.3, -0.25) is 14.6 Å². The number of halogens is 1. The van der Waals surface area contributed by atoms with Crippen molar-refractivity contribution in [3.63, 3.8) is 0 Å². The molecule has 0 aliphatic carbocycles. The summed E-state index contributed by atoms with van der Waals surface area (Å²) in [7, 11) is -3.57. The van der Waals surface area contributed by atoms with Gasteiger partial charge in [-0.1, -0.05) is 79.2 Å². The number of pyridine rings is 1. The quantitative estimate of drug-likeness (QED) is 0.209. The zero-order valence-corrected chi connectivity index (χ0v) is 25.5. The summed E-state index contributed by atoms with van der Waals surface area (Å²) < 4.78 is 27.1. The van der Waals surface area contributed by atoms with Crippen LogP contribution in [0.2, 0.25) is 5.02 Å². The van der Waals surface area contributed by atoms with Crippen LogP contribution in [0, 0.1) is 0 Å². The molecule has 1 unspecified atom stereocenters. The number of carbonyl (C=O) groups is 2. The minimum absolute atomic E-state index is 0.131. The van der Waals surface area contributed by atoms with Gasteiger partial charge in [0.1, 0.15) is 6.04 Å². The summed E-state index contributed by atoms with van der Waals surface area (Å²) in [6.45, 7) is 2.46. The highest BCUT2D eigenvalue weighted by Crippen LogP contribution is 2.19. The molecular formula is C33H35ClN4O4S. The molecule has 2 amide bonds. The molecule has 0 saturated carbocycles. The molecule has 8 nitrogen and oxygen atoms in total. The first kappa shape index (κ1) is 31.9. The molecular weight excluding hydrogens is 584 g/mol. The first-order valence-electron chi connectivity index (χ1n) is 14.1. The molecule has 1 aromatic heterocycles. The van der Waals surface area contributed by atoms with E-state index in [9.17, 15) is 18.0 Å². The van der Waals surface area contributed by atoms with Gasteiger partial charge < -0.3 is 10.2 Å². The van der Waals surface area contributed by atoms with Crippen LogP contribution in [0.4, 0.5) is 0 Å². The predicted molar refractivity (Wildman–Crippen MR) is 168 cm³/mol. The largest absolute Gasteiger partial charge is 0.349 e. The summed E-state index contributed by atoms with van der Waals surface area (Å²) in [6.07, 6.45) is 2.50. The fraction of sp³-hybridized carbons (Fsp3) is 0.242. The van der Waals surface area contributed by atoms with Crippen molar-refractivity contribution in [2.45, 2.75) is 50.2 Å². The van der Waals surface area contributed by atoms with E-state index in [-0.39, 0.29) is 36.2 Å². The number of sulfonamides is 1. The van der Waals surface area contributed by atoms with E-state index in [0.29, 0.717) is 30.1 Å². The van der Waals surface area contributed by atoms with Crippen LogP contribution in [0.5, 0.6) is 0 Å². The monoisotopic (exact) mass is 618 g/mol. The fourth-order valence-electron chi connectivity index (χ4n) is 4.64. The molecule has 10 heteroatoms. The number of amides is 2. The molecule has 1 atom stereocenters. The van der Waals surface area contributed by atoms with Crippen LogP contribution < -0.4 is 10.0 Å². The van der Waals surface area contributed by atoms with Gasteiger partial charge in [0.2, 0.25) is 21.8 Å². The van der Waals surface area contributed by atoms with E-state index in [2.05, 4.69) is 15.0 Å². The number of hydrogen-bond acceptors (Lipinski definition) is 5. The van der Waals surface area contributed by atoms with E-state index < -0.39 is 16.1 Å². The number of rotatable bonds is 14. The lowest BCUT2D eigenvalue weighted by molar-refractivity contribution is -0.141. The highest BCUT2D eigenvalue weighted by atomic mass is 35.5. The van der Waals surface area contributed by atoms with E-state index in [0.717, 1.165) is 16.7 Å². The first-order valence-corrected chi connectivity index (χ1v) is 16.0. The van der Waals surface area contributed by atoms with Gasteiger partial charge in [-0.25, -0.2) is 13.1 Å². The maximum absolute atomic E-state index is 13.9. The number of aromatic nitrogens is 1. The van der Waals surface area contributed by atoms with Gasteiger partial charge in [0.15, 0.2) is 0 Å². The molecule has 0 aliphatic heterocycles. The van der Waals surface area contributed by atoms with Crippen molar-refractivity contribution in [3.05, 3.63) is 131 Å². The van der Waals surface area contributed by atoms with E-state index in [1.54, 1.807) is 42.3 Å². The number of hydrogen-bond donors (Lipinski definition) is 2. The third-order valence-electron chi connectivity index (χ3n) is 6.90. The summed E-state index contributed by atoms with van der Waals surface area (Å²) in [5, 5.41) is 3.55. The van der Waals surface area contributed by atoms with Crippen LogP contribution in [0.3, 0.4) is 0 Å². The molecule has 0 aliphatic rings. The summed E-state index contributed by atoms with van der Waals surface area (Å²) in [5.41, 5.74) is 3.29. The van der Waals surface area contributed by atoms with Crippen molar-refractivity contribution < 1.29 is 18.0 Å². The Hall–Kier alpha value is -4.05. The highest BCUT2D eigenvalue weighted by Gasteiger charge is 2.30. The number of benzene rings is 3. The maximum atomic E-state index is 13.9. The average molecular weight is 619 g/mol. The molecule has 0 spiro atoms. The Morgan fingerprint density at radius 1 is 0.860 bits per heavy atom. The Balaban J connectivity index is 1.58. The van der Waals surface area contributed by atoms with Gasteiger partial charge in [-0.15, -0.1) is 0 Å². The molecule has 0 saturated heterocycles. The lowest BCUT2D eigenvalue weighted by Crippen LogP contribution is -2.50. The van der Waals surface area contributed by atoms with Crippen molar-refractivity contribution in [2.75, 3.05) is 6.54 Å². The SMILES string of the molecule is CCNS(=O)(=O)c1ccc(CCC(=O)N(Cc2ccc(Cl)cc2)C(Cc2ccccc2)C(=O)NCc2ccccn2)cc1. The standard InChI is InChI=1S/C33H35ClN4O4S/c1-2-37-43(41,42)30-18-13-25(14-19-30)15-20-32(39)38(24-27-11-16-28(34)17-12-27)31(22-26-8-4-3-5-9-26)33(40)36-23-29-10-6-7-21-35-29/h3-14,16-19,21,31,37H,2,15,20,22-24H2,1H3,(H,36,40). The van der Waals surface area contributed by atoms with Crippen LogP contribution in [-0.4, -0.2) is 42.7 Å². The molecule has 224 valence electrons. The van der Waals surface area contributed by atoms with Gasteiger partial charge >= 0.3 is 0 Å². The van der Waals surface area contributed by atoms with Crippen LogP contribution in [0.1, 0.15) is 35.7 Å². The summed E-state index contributed by atoms with van der Waals surface area (Å²) >= 11 is 6.11.